The van der Waals surface area contributed by atoms with Gasteiger partial charge in [-0.15, -0.1) is 0 Å². The summed E-state index contributed by atoms with van der Waals surface area (Å²) >= 11 is 5.68. The van der Waals surface area contributed by atoms with Crippen LogP contribution in [0.15, 0.2) is 0 Å². The first-order valence-electron chi connectivity index (χ1n) is 4.15. The Hall–Kier alpha value is -1.10. The molecular formula is C7H12ClN5. The maximum atomic E-state index is 5.68. The van der Waals surface area contributed by atoms with E-state index in [0.717, 1.165) is 13.1 Å². The maximum absolute atomic E-state index is 5.68. The number of hydrogen-bond acceptors (Lipinski definition) is 5. The molecule has 13 heavy (non-hydrogen) atoms. The Kier molecular flexibility index (Phi) is 3.70. The van der Waals surface area contributed by atoms with E-state index in [9.17, 15) is 0 Å². The second-order valence-corrected chi connectivity index (χ2v) is 2.65. The number of nitrogens with one attached hydrogen (secondary N) is 2. The van der Waals surface area contributed by atoms with Crippen molar-refractivity contribution < 1.29 is 0 Å². The van der Waals surface area contributed by atoms with Gasteiger partial charge in [0.25, 0.3) is 0 Å². The van der Waals surface area contributed by atoms with Crippen LogP contribution in [0.4, 0.5) is 11.9 Å². The maximum Gasteiger partial charge on any atom is 0.228 e. The third-order valence-electron chi connectivity index (χ3n) is 1.28. The molecule has 1 aromatic heterocycles. The Morgan fingerprint density at radius 3 is 1.85 bits per heavy atom. The molecule has 1 heterocycles. The van der Waals surface area contributed by atoms with Crippen LogP contribution in [0.5, 0.6) is 0 Å². The van der Waals surface area contributed by atoms with Gasteiger partial charge in [0.1, 0.15) is 0 Å². The van der Waals surface area contributed by atoms with Crippen molar-refractivity contribution >= 4 is 23.5 Å². The lowest BCUT2D eigenvalue weighted by Gasteiger charge is -2.04. The second-order valence-electron chi connectivity index (χ2n) is 2.31. The molecule has 0 aromatic carbocycles. The molecule has 0 bridgehead atoms. The summed E-state index contributed by atoms with van der Waals surface area (Å²) in [5.74, 6) is 0.997. The molecule has 0 aliphatic heterocycles. The Morgan fingerprint density at radius 2 is 1.46 bits per heavy atom. The van der Waals surface area contributed by atoms with Gasteiger partial charge >= 0.3 is 0 Å². The predicted octanol–water partition coefficient (Wildman–Crippen LogP) is 1.39. The van der Waals surface area contributed by atoms with E-state index in [-0.39, 0.29) is 5.28 Å². The topological polar surface area (TPSA) is 62.7 Å². The van der Waals surface area contributed by atoms with Crippen molar-refractivity contribution in [2.75, 3.05) is 23.7 Å². The van der Waals surface area contributed by atoms with Crippen molar-refractivity contribution in [1.29, 1.82) is 0 Å². The Balaban J connectivity index is 2.83. The van der Waals surface area contributed by atoms with E-state index < -0.39 is 0 Å². The number of halogens is 1. The molecule has 0 aliphatic carbocycles. The normalized spacial score (nSPS) is 9.77. The monoisotopic (exact) mass is 206 g/mol. The Morgan fingerprint density at radius 1 is 1.00 bits per heavy atom. The molecule has 1 rings (SSSR count). The third-order valence-corrected chi connectivity index (χ3v) is 1.45. The van der Waals surface area contributed by atoms with Crippen LogP contribution in [0.25, 0.3) is 0 Å². The van der Waals surface area contributed by atoms with Crippen LogP contribution in [-0.2, 0) is 0 Å². The van der Waals surface area contributed by atoms with Crippen LogP contribution >= 0.6 is 11.6 Å². The van der Waals surface area contributed by atoms with Crippen LogP contribution in [0, 0.1) is 0 Å². The number of nitrogens with zero attached hydrogens (tertiary/aromatic N) is 3. The van der Waals surface area contributed by atoms with Crippen LogP contribution in [0.1, 0.15) is 13.8 Å². The number of rotatable bonds is 4. The van der Waals surface area contributed by atoms with Gasteiger partial charge in [0.05, 0.1) is 0 Å². The summed E-state index contributed by atoms with van der Waals surface area (Å²) in [7, 11) is 0. The Labute approximate surface area is 82.0 Å². The van der Waals surface area contributed by atoms with Crippen LogP contribution in [0.3, 0.4) is 0 Å². The van der Waals surface area contributed by atoms with Gasteiger partial charge in [0.15, 0.2) is 0 Å². The summed E-state index contributed by atoms with van der Waals surface area (Å²) < 4.78 is 0. The standard InChI is InChI=1S/C7H12ClN5/c1-3-9-6-11-5(8)12-7(13-6)10-4-2/h3-4H2,1-2H3,(H2,9,10,11,12,13)/i3+1,4+1,5+1,6+1,7+1. The average Bonchev–Trinajstić information content (AvgIpc) is 2.04. The molecule has 0 fully saturated rings. The molecule has 0 saturated carbocycles. The Bertz CT molecular complexity index is 253. The summed E-state index contributed by atoms with van der Waals surface area (Å²) in [6.45, 7) is 5.44. The molecule has 72 valence electrons. The smallest absolute Gasteiger partial charge is 0.228 e. The van der Waals surface area contributed by atoms with Crippen molar-refractivity contribution in [3.05, 3.63) is 5.28 Å². The quantitative estimate of drug-likeness (QED) is 0.729. The highest BCUT2D eigenvalue weighted by Crippen LogP contribution is 2.08. The van der Waals surface area contributed by atoms with E-state index >= 15 is 0 Å². The molecule has 1 aromatic rings. The zero-order valence-corrected chi connectivity index (χ0v) is 8.39. The predicted molar refractivity (Wildman–Crippen MR) is 53.2 cm³/mol. The summed E-state index contributed by atoms with van der Waals surface area (Å²) in [5, 5.41) is 6.12. The van der Waals surface area contributed by atoms with Crippen molar-refractivity contribution in [1.82, 2.24) is 15.0 Å². The minimum absolute atomic E-state index is 0.196. The van der Waals surface area contributed by atoms with Crippen molar-refractivity contribution in [3.8, 4) is 0 Å². The molecule has 0 spiro atoms. The van der Waals surface area contributed by atoms with Gasteiger partial charge in [-0.25, -0.2) is 0 Å². The summed E-state index contributed by atoms with van der Waals surface area (Å²) in [5.41, 5.74) is 0. The van der Waals surface area contributed by atoms with Gasteiger partial charge in [-0.05, 0) is 25.4 Å². The zero-order valence-electron chi connectivity index (χ0n) is 7.63. The van der Waals surface area contributed by atoms with Crippen LogP contribution < -0.4 is 10.6 Å². The number of aromatic nitrogens is 3. The summed E-state index contributed by atoms with van der Waals surface area (Å²) in [6.07, 6.45) is 0. The molecule has 0 aliphatic rings. The van der Waals surface area contributed by atoms with Gasteiger partial charge in [0, 0.05) is 13.1 Å². The summed E-state index contributed by atoms with van der Waals surface area (Å²) in [4.78, 5) is 11.9. The lowest BCUT2D eigenvalue weighted by atomic mass is 11.2. The first kappa shape index (κ1) is 9.98. The highest BCUT2D eigenvalue weighted by molar-refractivity contribution is 6.28. The third kappa shape index (κ3) is 3.02. The highest BCUT2D eigenvalue weighted by atomic mass is 35.5. The molecule has 0 saturated heterocycles. The average molecular weight is 207 g/mol. The number of anilines is 2. The fraction of sp³-hybridized carbons (Fsp3) is 0.571. The zero-order chi connectivity index (χ0) is 9.68. The van der Waals surface area contributed by atoms with Crippen molar-refractivity contribution in [2.45, 2.75) is 13.8 Å². The first-order valence-corrected chi connectivity index (χ1v) is 4.53. The second kappa shape index (κ2) is 4.81. The molecule has 0 atom stereocenters. The lowest BCUT2D eigenvalue weighted by molar-refractivity contribution is 0.999. The van der Waals surface area contributed by atoms with E-state index in [2.05, 4.69) is 25.6 Å². The van der Waals surface area contributed by atoms with Gasteiger partial charge in [-0.3, -0.25) is 0 Å². The SMILES string of the molecule is C[13CH2]N[13c]1n[13c](Cl)n[13c](N[13CH2]C)n1. The van der Waals surface area contributed by atoms with E-state index in [1.54, 1.807) is 0 Å². The van der Waals surface area contributed by atoms with Gasteiger partial charge in [0.2, 0.25) is 17.2 Å². The molecule has 0 amide bonds. The van der Waals surface area contributed by atoms with Crippen LogP contribution in [-0.4, -0.2) is 28.0 Å². The van der Waals surface area contributed by atoms with Gasteiger partial charge in [-0.2, -0.15) is 15.0 Å². The molecule has 5 nitrogen and oxygen atoms in total. The molecule has 0 unspecified atom stereocenters. The number of hydrogen-bond donors (Lipinski definition) is 2. The lowest BCUT2D eigenvalue weighted by Crippen LogP contribution is -2.08. The molecule has 2 N–H and O–H groups in total. The fourth-order valence-electron chi connectivity index (χ4n) is 0.824. The van der Waals surface area contributed by atoms with E-state index in [1.165, 1.54) is 0 Å². The van der Waals surface area contributed by atoms with E-state index in [4.69, 9.17) is 11.6 Å². The van der Waals surface area contributed by atoms with Crippen molar-refractivity contribution in [3.63, 3.8) is 0 Å². The van der Waals surface area contributed by atoms with Crippen LogP contribution in [0.2, 0.25) is 5.28 Å². The molecular weight excluding hydrogens is 195 g/mol. The molecule has 0 radical (unpaired) electrons. The minimum Gasteiger partial charge on any atom is -0.354 e. The summed E-state index contributed by atoms with van der Waals surface area (Å²) in [6, 6.07) is 0. The van der Waals surface area contributed by atoms with Gasteiger partial charge < -0.3 is 10.6 Å². The van der Waals surface area contributed by atoms with E-state index in [0.29, 0.717) is 11.9 Å². The largest absolute Gasteiger partial charge is 0.354 e. The van der Waals surface area contributed by atoms with Crippen molar-refractivity contribution in [2.24, 2.45) is 0 Å². The van der Waals surface area contributed by atoms with Gasteiger partial charge in [-0.1, -0.05) is 0 Å². The van der Waals surface area contributed by atoms with E-state index in [1.807, 2.05) is 13.8 Å². The molecule has 6 heteroatoms. The minimum atomic E-state index is 0.196. The highest BCUT2D eigenvalue weighted by Gasteiger charge is 2.01. The fourth-order valence-corrected chi connectivity index (χ4v) is 0.985. The first-order chi connectivity index (χ1) is 6.26.